The van der Waals surface area contributed by atoms with Crippen molar-refractivity contribution in [2.45, 2.75) is 68.6 Å². The number of thioether (sulfide) groups is 1. The second-order valence-electron chi connectivity index (χ2n) is 12.3. The molecule has 0 bridgehead atoms. The monoisotopic (exact) mass is 791 g/mol. The number of likely N-dealkylation sites (tertiary alicyclic amines) is 1. The Bertz CT molecular complexity index is 2050. The number of aliphatic carboxylic acids is 1. The van der Waals surface area contributed by atoms with E-state index in [0.717, 1.165) is 27.6 Å². The number of aliphatic hydroxyl groups excluding tert-OH is 1. The van der Waals surface area contributed by atoms with E-state index in [4.69, 9.17) is 17.7 Å². The van der Waals surface area contributed by atoms with E-state index in [-0.39, 0.29) is 41.9 Å². The van der Waals surface area contributed by atoms with Crippen LogP contribution in [-0.2, 0) is 37.6 Å². The first-order valence-corrected chi connectivity index (χ1v) is 19.0. The molecule has 6 rings (SSSR count). The van der Waals surface area contributed by atoms with Crippen LogP contribution in [0.2, 0.25) is 0 Å². The Kier molecular flexibility index (Phi) is 11.0. The largest absolute Gasteiger partial charge is 0.741 e. The molecule has 0 unspecified atom stereocenters. The highest BCUT2D eigenvalue weighted by atomic mass is 32.2. The van der Waals surface area contributed by atoms with Crippen molar-refractivity contribution in [1.29, 1.82) is 0 Å². The van der Waals surface area contributed by atoms with Crippen LogP contribution in [0.3, 0.4) is 0 Å². The third kappa shape index (κ3) is 7.34. The van der Waals surface area contributed by atoms with Gasteiger partial charge in [0.15, 0.2) is 10.1 Å². The molecule has 1 aromatic carbocycles. The molecule has 0 radical (unpaired) electrons. The zero-order chi connectivity index (χ0) is 38.4. The number of benzene rings is 1. The zero-order valence-corrected chi connectivity index (χ0v) is 30.0. The first-order chi connectivity index (χ1) is 24.3. The number of non-ortho nitro benzene ring substituents is 1. The van der Waals surface area contributed by atoms with Crippen LogP contribution in [0.5, 0.6) is 0 Å². The van der Waals surface area contributed by atoms with Gasteiger partial charge in [-0.3, -0.25) is 14.9 Å². The molecule has 2 saturated heterocycles. The average molecular weight is 792 g/mol. The van der Waals surface area contributed by atoms with Crippen LogP contribution in [-0.4, -0.2) is 96.9 Å². The van der Waals surface area contributed by atoms with Crippen molar-refractivity contribution in [1.82, 2.24) is 14.4 Å². The fraction of sp³-hybridized carbons (Fsp3) is 0.467. The minimum Gasteiger partial charge on any atom is -0.741 e. The van der Waals surface area contributed by atoms with E-state index >= 15 is 0 Å². The number of nitrogens with zero attached hydrogens (tertiary/aromatic N) is 5. The maximum absolute atomic E-state index is 13.0. The lowest BCUT2D eigenvalue weighted by Crippen LogP contribution is -2.63. The molecular weight excluding hydrogens is 760 g/mol. The highest BCUT2D eigenvalue weighted by Crippen LogP contribution is 2.51. The molecule has 5 heterocycles. The lowest BCUT2D eigenvalue weighted by Gasteiger charge is -2.46. The van der Waals surface area contributed by atoms with E-state index in [1.165, 1.54) is 28.4 Å². The van der Waals surface area contributed by atoms with Crippen LogP contribution < -0.4 is 4.40 Å². The van der Waals surface area contributed by atoms with Gasteiger partial charge in [-0.25, -0.2) is 22.6 Å². The van der Waals surface area contributed by atoms with Gasteiger partial charge < -0.3 is 29.3 Å². The van der Waals surface area contributed by atoms with Gasteiger partial charge in [0.2, 0.25) is 15.8 Å². The van der Waals surface area contributed by atoms with Gasteiger partial charge in [-0.1, -0.05) is 30.0 Å². The Balaban J connectivity index is 0.000000587. The number of nitro benzene ring substituents is 1. The van der Waals surface area contributed by atoms with Crippen LogP contribution in [0.25, 0.3) is 10.4 Å². The quantitative estimate of drug-likeness (QED) is 0.0606. The van der Waals surface area contributed by atoms with E-state index in [2.05, 4.69) is 4.57 Å². The van der Waals surface area contributed by atoms with Crippen molar-refractivity contribution in [3.8, 4) is 0 Å². The SMILES string of the molecule is CSc1c2sc(C3=C(C(=O)O)N4C(=O)[C@H]([C@@H](C)O)[C@H]4[C@H]3C)c[n+]2cn1C[C@H]1CCCN1C(=O)OCc1ccc([N+](=O)[O-])cc1.O=S(=O)([O-])C(F)(F)F. The standard InChI is InChI=1S/C29H31N5O8S2.CHF3O3S/c1-15-21(24(28(37)38)33-23(15)22(16(2)35)25(33)36)20-12-31-14-30(26(43-3)27(31)44-20)11-19-5-4-10-32(19)29(39)42-13-17-6-8-18(9-7-17)34(40)41;2-1(3,4)8(5,6)7/h6-9,12,14-16,19,22-23,35H,4-5,10-11,13H2,1-3H3;(H,5,6,7)/t15-,16+,19+,22+,23+;/m0./s1. The smallest absolute Gasteiger partial charge is 0.485 e. The van der Waals surface area contributed by atoms with E-state index in [1.54, 1.807) is 35.7 Å². The van der Waals surface area contributed by atoms with Crippen molar-refractivity contribution < 1.29 is 64.8 Å². The zero-order valence-electron chi connectivity index (χ0n) is 27.5. The summed E-state index contributed by atoms with van der Waals surface area (Å²) < 4.78 is 68.5. The average Bonchev–Trinajstić information content (AvgIpc) is 3.80. The lowest BCUT2D eigenvalue weighted by molar-refractivity contribution is -0.508. The molecule has 3 aliphatic rings. The number of halogens is 3. The number of carboxylic acid groups (broad SMARTS) is 1. The van der Waals surface area contributed by atoms with Crippen molar-refractivity contribution in [2.75, 3.05) is 12.8 Å². The molecule has 5 atom stereocenters. The summed E-state index contributed by atoms with van der Waals surface area (Å²) in [4.78, 5) is 53.3. The molecule has 2 aromatic heterocycles. The summed E-state index contributed by atoms with van der Waals surface area (Å²) in [5.74, 6) is -2.40. The number of fused-ring (bicyclic) bond motifs is 2. The number of hydrogen-bond acceptors (Lipinski definition) is 12. The number of imidazole rings is 1. The molecule has 282 valence electrons. The summed E-state index contributed by atoms with van der Waals surface area (Å²) in [6.45, 7) is 4.60. The van der Waals surface area contributed by atoms with Gasteiger partial charge in [0.25, 0.3) is 12.0 Å². The van der Waals surface area contributed by atoms with E-state index in [1.807, 2.05) is 30.1 Å². The number of aliphatic hydroxyl groups is 1. The molecule has 0 spiro atoms. The second kappa shape index (κ2) is 14.6. The minimum absolute atomic E-state index is 0.0127. The predicted molar refractivity (Wildman–Crippen MR) is 176 cm³/mol. The number of hydrogen-bond donors (Lipinski definition) is 2. The van der Waals surface area contributed by atoms with E-state index in [0.29, 0.717) is 24.2 Å². The Labute approximate surface area is 302 Å². The fourth-order valence-corrected chi connectivity index (χ4v) is 8.91. The van der Waals surface area contributed by atoms with Crippen molar-refractivity contribution in [3.05, 3.63) is 63.0 Å². The number of carboxylic acids is 1. The maximum atomic E-state index is 13.0. The van der Waals surface area contributed by atoms with Gasteiger partial charge in [-0.15, -0.1) is 0 Å². The van der Waals surface area contributed by atoms with Crippen LogP contribution in [0.4, 0.5) is 23.7 Å². The van der Waals surface area contributed by atoms with E-state index < -0.39 is 44.6 Å². The van der Waals surface area contributed by atoms with Crippen LogP contribution >= 0.6 is 23.1 Å². The summed E-state index contributed by atoms with van der Waals surface area (Å²) in [6.07, 6.45) is 6.16. The molecule has 22 heteroatoms. The molecule has 2 amide bonds. The van der Waals surface area contributed by atoms with E-state index in [9.17, 15) is 47.9 Å². The van der Waals surface area contributed by atoms with Crippen molar-refractivity contribution in [2.24, 2.45) is 11.8 Å². The third-order valence-corrected chi connectivity index (χ3v) is 11.7. The molecular formula is C30H32F3N5O11S3. The topological polar surface area (TPSA) is 217 Å². The van der Waals surface area contributed by atoms with Crippen molar-refractivity contribution in [3.63, 3.8) is 0 Å². The minimum atomic E-state index is -6.09. The first kappa shape index (κ1) is 39.0. The number of carbonyl (C=O) groups is 3. The molecule has 16 nitrogen and oxygen atoms in total. The Hall–Kier alpha value is -4.25. The first-order valence-electron chi connectivity index (χ1n) is 15.5. The van der Waals surface area contributed by atoms with Crippen LogP contribution in [0, 0.1) is 22.0 Å². The maximum Gasteiger partial charge on any atom is 0.485 e. The van der Waals surface area contributed by atoms with Crippen LogP contribution in [0.15, 0.2) is 47.5 Å². The van der Waals surface area contributed by atoms with Crippen molar-refractivity contribution >= 4 is 67.3 Å². The molecule has 2 fully saturated rings. The fourth-order valence-electron chi connectivity index (χ4n) is 6.72. The van der Waals surface area contributed by atoms with Gasteiger partial charge in [0, 0.05) is 30.2 Å². The number of alkyl halides is 3. The molecule has 3 aromatic rings. The summed E-state index contributed by atoms with van der Waals surface area (Å²) >= 11 is 3.02. The third-order valence-electron chi connectivity index (χ3n) is 9.05. The second-order valence-corrected chi connectivity index (χ2v) is 15.5. The number of β-lactam (4-membered cyclic amide) rings is 1. The predicted octanol–water partition coefficient (Wildman–Crippen LogP) is 3.42. The normalized spacial score (nSPS) is 22.2. The van der Waals surface area contributed by atoms with Gasteiger partial charge in [0.1, 0.15) is 25.0 Å². The highest BCUT2D eigenvalue weighted by molar-refractivity contribution is 7.98. The van der Waals surface area contributed by atoms with Gasteiger partial charge >= 0.3 is 17.6 Å². The lowest BCUT2D eigenvalue weighted by atomic mass is 9.77. The highest BCUT2D eigenvalue weighted by Gasteiger charge is 2.60. The summed E-state index contributed by atoms with van der Waals surface area (Å²) in [7, 11) is -6.09. The van der Waals surface area contributed by atoms with Crippen LogP contribution in [0.1, 0.15) is 37.1 Å². The number of carbonyl (C=O) groups excluding carboxylic acids is 2. The molecule has 52 heavy (non-hydrogen) atoms. The number of amides is 2. The molecule has 3 aliphatic heterocycles. The number of nitro groups is 1. The van der Waals surface area contributed by atoms with Gasteiger partial charge in [-0.2, -0.15) is 17.6 Å². The van der Waals surface area contributed by atoms with Gasteiger partial charge in [0.05, 0.1) is 33.9 Å². The molecule has 2 N–H and O–H groups in total. The summed E-state index contributed by atoms with van der Waals surface area (Å²) in [6, 6.07) is 5.43. The Morgan fingerprint density at radius 1 is 1.25 bits per heavy atom. The Morgan fingerprint density at radius 2 is 1.88 bits per heavy atom. The number of ether oxygens (including phenoxy) is 1. The summed E-state index contributed by atoms with van der Waals surface area (Å²) in [5.41, 5.74) is -4.42. The molecule has 0 saturated carbocycles. The summed E-state index contributed by atoms with van der Waals surface area (Å²) in [5, 5.41) is 32.1. The van der Waals surface area contributed by atoms with Gasteiger partial charge in [-0.05, 0) is 43.7 Å². The Morgan fingerprint density at radius 3 is 2.42 bits per heavy atom. The molecule has 0 aliphatic carbocycles. The number of thiazole rings is 1. The number of aromatic nitrogens is 2. The number of rotatable bonds is 9.